The van der Waals surface area contributed by atoms with Crippen LogP contribution in [-0.2, 0) is 10.0 Å². The number of nitrogens with one attached hydrogen (secondary N) is 2. The summed E-state index contributed by atoms with van der Waals surface area (Å²) in [6, 6.07) is 9.93. The molecule has 1 atom stereocenters. The van der Waals surface area contributed by atoms with Crippen LogP contribution >= 0.6 is 12.4 Å². The van der Waals surface area contributed by atoms with E-state index >= 15 is 0 Å². The zero-order valence-corrected chi connectivity index (χ0v) is 17.2. The van der Waals surface area contributed by atoms with Crippen LogP contribution in [0.2, 0.25) is 0 Å². The number of sulfonamides is 1. The van der Waals surface area contributed by atoms with Crippen molar-refractivity contribution in [1.29, 1.82) is 0 Å². The van der Waals surface area contributed by atoms with Gasteiger partial charge in [0.25, 0.3) is 15.9 Å². The van der Waals surface area contributed by atoms with Crippen molar-refractivity contribution in [3.8, 4) is 0 Å². The Balaban J connectivity index is 0.00000280. The van der Waals surface area contributed by atoms with Crippen LogP contribution in [0.25, 0.3) is 0 Å². The van der Waals surface area contributed by atoms with E-state index in [1.165, 1.54) is 19.1 Å². The molecule has 6 nitrogen and oxygen atoms in total. The lowest BCUT2D eigenvalue weighted by Crippen LogP contribution is -2.52. The fourth-order valence-electron chi connectivity index (χ4n) is 3.11. The Labute approximate surface area is 170 Å². The minimum absolute atomic E-state index is 0. The lowest BCUT2D eigenvalue weighted by molar-refractivity contribution is 0.0656. The minimum atomic E-state index is -3.84. The van der Waals surface area contributed by atoms with Gasteiger partial charge in [-0.25, -0.2) is 12.8 Å². The largest absolute Gasteiger partial charge is 0.333 e. The van der Waals surface area contributed by atoms with E-state index in [1.54, 1.807) is 29.2 Å². The molecule has 1 aliphatic heterocycles. The third kappa shape index (κ3) is 4.81. The van der Waals surface area contributed by atoms with Gasteiger partial charge in [0.15, 0.2) is 0 Å². The molecule has 9 heteroatoms. The average Bonchev–Trinajstić information content (AvgIpc) is 2.61. The van der Waals surface area contributed by atoms with Crippen molar-refractivity contribution >= 4 is 34.0 Å². The predicted octanol–water partition coefficient (Wildman–Crippen LogP) is 2.79. The highest BCUT2D eigenvalue weighted by Gasteiger charge is 2.24. The second-order valence-electron chi connectivity index (χ2n) is 6.64. The van der Waals surface area contributed by atoms with Gasteiger partial charge in [0.05, 0.1) is 4.90 Å². The number of carbonyl (C=O) groups is 1. The maximum atomic E-state index is 13.2. The van der Waals surface area contributed by atoms with E-state index in [2.05, 4.69) is 10.0 Å². The molecule has 0 aromatic heterocycles. The highest BCUT2D eigenvalue weighted by atomic mass is 35.5. The molecule has 1 amide bonds. The Kier molecular flexibility index (Phi) is 7.03. The van der Waals surface area contributed by atoms with Crippen LogP contribution in [0.3, 0.4) is 0 Å². The van der Waals surface area contributed by atoms with Crippen LogP contribution in [0.1, 0.15) is 22.8 Å². The van der Waals surface area contributed by atoms with E-state index in [1.807, 2.05) is 6.92 Å². The van der Waals surface area contributed by atoms with Crippen molar-refractivity contribution in [1.82, 2.24) is 10.2 Å². The number of piperazine rings is 1. The number of benzene rings is 2. The summed E-state index contributed by atoms with van der Waals surface area (Å²) in [6.45, 7) is 5.66. The molecule has 1 unspecified atom stereocenters. The summed E-state index contributed by atoms with van der Waals surface area (Å²) in [5.41, 5.74) is 1.16. The fraction of sp³-hybridized carbons (Fsp3) is 0.316. The molecule has 28 heavy (non-hydrogen) atoms. The van der Waals surface area contributed by atoms with Crippen molar-refractivity contribution in [3.05, 3.63) is 59.4 Å². The SMILES string of the molecule is Cc1cc(F)ccc1S(=O)(=O)Nc1ccc(C(=O)N2CCNCC2C)cc1.Cl. The zero-order valence-electron chi connectivity index (χ0n) is 15.6. The second kappa shape index (κ2) is 8.89. The molecule has 1 heterocycles. The molecule has 0 spiro atoms. The van der Waals surface area contributed by atoms with Crippen molar-refractivity contribution < 1.29 is 17.6 Å². The molecule has 2 aromatic carbocycles. The van der Waals surface area contributed by atoms with Crippen molar-refractivity contribution in [2.75, 3.05) is 24.4 Å². The maximum absolute atomic E-state index is 13.2. The van der Waals surface area contributed by atoms with E-state index in [4.69, 9.17) is 0 Å². The number of aryl methyl sites for hydroxylation is 1. The van der Waals surface area contributed by atoms with Crippen LogP contribution < -0.4 is 10.0 Å². The lowest BCUT2D eigenvalue weighted by atomic mass is 10.1. The monoisotopic (exact) mass is 427 g/mol. The number of halogens is 2. The van der Waals surface area contributed by atoms with Gasteiger partial charge >= 0.3 is 0 Å². The Hall–Kier alpha value is -2.16. The van der Waals surface area contributed by atoms with Gasteiger partial charge in [0.2, 0.25) is 0 Å². The molecule has 0 aliphatic carbocycles. The van der Waals surface area contributed by atoms with Crippen molar-refractivity contribution in [2.24, 2.45) is 0 Å². The molecule has 1 saturated heterocycles. The van der Waals surface area contributed by atoms with Crippen LogP contribution in [0, 0.1) is 12.7 Å². The molecule has 0 saturated carbocycles. The van der Waals surface area contributed by atoms with Gasteiger partial charge in [0, 0.05) is 36.9 Å². The molecule has 3 rings (SSSR count). The van der Waals surface area contributed by atoms with E-state index in [0.29, 0.717) is 23.4 Å². The third-order valence-electron chi connectivity index (χ3n) is 4.57. The molecule has 0 radical (unpaired) electrons. The summed E-state index contributed by atoms with van der Waals surface area (Å²) in [5, 5.41) is 3.24. The summed E-state index contributed by atoms with van der Waals surface area (Å²) in [6.07, 6.45) is 0. The fourth-order valence-corrected chi connectivity index (χ4v) is 4.40. The lowest BCUT2D eigenvalue weighted by Gasteiger charge is -2.34. The molecule has 2 aromatic rings. The molecule has 1 aliphatic rings. The maximum Gasteiger partial charge on any atom is 0.262 e. The first-order valence-corrected chi connectivity index (χ1v) is 10.2. The van der Waals surface area contributed by atoms with E-state index in [9.17, 15) is 17.6 Å². The summed E-state index contributed by atoms with van der Waals surface area (Å²) in [7, 11) is -3.84. The summed E-state index contributed by atoms with van der Waals surface area (Å²) >= 11 is 0. The Bertz CT molecular complexity index is 951. The zero-order chi connectivity index (χ0) is 19.6. The number of hydrogen-bond donors (Lipinski definition) is 2. The van der Waals surface area contributed by atoms with Crippen molar-refractivity contribution in [3.63, 3.8) is 0 Å². The summed E-state index contributed by atoms with van der Waals surface area (Å²) in [4.78, 5) is 14.4. The van der Waals surface area contributed by atoms with E-state index in [0.717, 1.165) is 19.2 Å². The second-order valence-corrected chi connectivity index (χ2v) is 8.30. The van der Waals surface area contributed by atoms with Gasteiger partial charge in [-0.2, -0.15) is 0 Å². The van der Waals surface area contributed by atoms with Gasteiger partial charge in [-0.15, -0.1) is 12.4 Å². The minimum Gasteiger partial charge on any atom is -0.333 e. The topological polar surface area (TPSA) is 78.5 Å². The quantitative estimate of drug-likeness (QED) is 0.786. The Morgan fingerprint density at radius 3 is 2.50 bits per heavy atom. The van der Waals surface area contributed by atoms with Crippen LogP contribution in [0.5, 0.6) is 0 Å². The summed E-state index contributed by atoms with van der Waals surface area (Å²) < 4.78 is 40.7. The highest BCUT2D eigenvalue weighted by Crippen LogP contribution is 2.21. The first kappa shape index (κ1) is 22.1. The molecule has 1 fully saturated rings. The first-order chi connectivity index (χ1) is 12.8. The van der Waals surface area contributed by atoms with Crippen molar-refractivity contribution in [2.45, 2.75) is 24.8 Å². The van der Waals surface area contributed by atoms with E-state index in [-0.39, 0.29) is 29.3 Å². The molecule has 0 bridgehead atoms. The Morgan fingerprint density at radius 1 is 1.21 bits per heavy atom. The van der Waals surface area contributed by atoms with Crippen LogP contribution in [0.4, 0.5) is 10.1 Å². The number of anilines is 1. The Morgan fingerprint density at radius 2 is 1.89 bits per heavy atom. The summed E-state index contributed by atoms with van der Waals surface area (Å²) in [5.74, 6) is -0.566. The van der Waals surface area contributed by atoms with E-state index < -0.39 is 15.8 Å². The molecule has 152 valence electrons. The van der Waals surface area contributed by atoms with Gasteiger partial charge in [0.1, 0.15) is 5.82 Å². The highest BCUT2D eigenvalue weighted by molar-refractivity contribution is 7.92. The molecule has 2 N–H and O–H groups in total. The molecular weight excluding hydrogens is 405 g/mol. The van der Waals surface area contributed by atoms with Gasteiger partial charge in [-0.05, 0) is 61.9 Å². The smallest absolute Gasteiger partial charge is 0.262 e. The number of amides is 1. The first-order valence-electron chi connectivity index (χ1n) is 8.68. The molecular formula is C19H23ClFN3O3S. The number of hydrogen-bond acceptors (Lipinski definition) is 4. The van der Waals surface area contributed by atoms with Gasteiger partial charge < -0.3 is 10.2 Å². The average molecular weight is 428 g/mol. The van der Waals surface area contributed by atoms with Crippen LogP contribution in [0.15, 0.2) is 47.4 Å². The predicted molar refractivity (Wildman–Crippen MR) is 109 cm³/mol. The van der Waals surface area contributed by atoms with Gasteiger partial charge in [-0.3, -0.25) is 9.52 Å². The standard InChI is InChI=1S/C19H22FN3O3S.ClH/c1-13-11-16(20)5-8-18(13)27(25,26)22-17-6-3-15(4-7-17)19(24)23-10-9-21-12-14(23)2;/h3-8,11,14,21-22H,9-10,12H2,1-2H3;1H. The third-order valence-corrected chi connectivity index (χ3v) is 6.11. The van der Waals surface area contributed by atoms with Crippen LogP contribution in [-0.4, -0.2) is 44.9 Å². The number of carbonyl (C=O) groups excluding carboxylic acids is 1. The number of rotatable bonds is 4. The number of nitrogens with zero attached hydrogens (tertiary/aromatic N) is 1. The normalized spacial score (nSPS) is 17.0. The van der Waals surface area contributed by atoms with Gasteiger partial charge in [-0.1, -0.05) is 0 Å².